The van der Waals surface area contributed by atoms with Crippen LogP contribution < -0.4 is 16.0 Å². The summed E-state index contributed by atoms with van der Waals surface area (Å²) in [5, 5.41) is 8.23. The number of nitrogens with one attached hydrogen (secondary N) is 3. The topological polar surface area (TPSA) is 90.5 Å². The Bertz CT molecular complexity index is 497. The highest BCUT2D eigenvalue weighted by Gasteiger charge is 2.54. The fraction of sp³-hybridized carbons (Fsp3) is 0.800. The maximum absolute atomic E-state index is 13.0. The number of rotatable bonds is 4. The average Bonchev–Trinajstić information content (AvgIpc) is 2.67. The van der Waals surface area contributed by atoms with Crippen molar-refractivity contribution in [3.63, 3.8) is 0 Å². The van der Waals surface area contributed by atoms with Crippen LogP contribution in [0.3, 0.4) is 0 Å². The highest BCUT2D eigenvalue weighted by atomic mass is 32.2. The SMILES string of the molecule is CNCC(=O)NC1CCSC2CC(C)(C)[C@@H](C(=O)NC)N2C1=O. The molecule has 0 saturated carbocycles. The summed E-state index contributed by atoms with van der Waals surface area (Å²) in [5.41, 5.74) is -0.287. The third-order valence-electron chi connectivity index (χ3n) is 4.47. The Balaban J connectivity index is 2.24. The van der Waals surface area contributed by atoms with E-state index in [1.54, 1.807) is 30.8 Å². The van der Waals surface area contributed by atoms with Crippen LogP contribution in [0.15, 0.2) is 0 Å². The van der Waals surface area contributed by atoms with Crippen molar-refractivity contribution in [2.45, 2.75) is 44.1 Å². The Morgan fingerprint density at radius 1 is 1.35 bits per heavy atom. The van der Waals surface area contributed by atoms with Gasteiger partial charge in [-0.3, -0.25) is 14.4 Å². The highest BCUT2D eigenvalue weighted by molar-refractivity contribution is 7.99. The molecule has 2 saturated heterocycles. The van der Waals surface area contributed by atoms with Crippen molar-refractivity contribution in [1.82, 2.24) is 20.9 Å². The number of thioether (sulfide) groups is 1. The standard InChI is InChI=1S/C15H26N4O3S/c1-15(2)7-11-19(12(15)13(21)17-4)14(22)9(5-6-23-11)18-10(20)8-16-3/h9,11-12,16H,5-8H2,1-4H3,(H,17,21)(H,18,20)/t9?,11?,12-/m1/s1. The molecule has 0 aliphatic carbocycles. The van der Waals surface area contributed by atoms with E-state index in [2.05, 4.69) is 16.0 Å². The van der Waals surface area contributed by atoms with E-state index in [1.165, 1.54) is 0 Å². The molecular weight excluding hydrogens is 316 g/mol. The third kappa shape index (κ3) is 3.63. The molecule has 2 unspecified atom stereocenters. The van der Waals surface area contributed by atoms with Crippen LogP contribution in [-0.4, -0.2) is 66.5 Å². The molecular formula is C15H26N4O3S. The van der Waals surface area contributed by atoms with Crippen molar-refractivity contribution in [1.29, 1.82) is 0 Å². The number of likely N-dealkylation sites (N-methyl/N-ethyl adjacent to an activating group) is 2. The summed E-state index contributed by atoms with van der Waals surface area (Å²) in [7, 11) is 3.28. The molecule has 2 aliphatic heterocycles. The first-order chi connectivity index (χ1) is 10.8. The second-order valence-corrected chi connectivity index (χ2v) is 8.01. The molecule has 3 N–H and O–H groups in total. The van der Waals surface area contributed by atoms with E-state index in [4.69, 9.17) is 0 Å². The number of fused-ring (bicyclic) bond motifs is 1. The minimum atomic E-state index is -0.561. The number of hydrogen-bond donors (Lipinski definition) is 3. The summed E-state index contributed by atoms with van der Waals surface area (Å²) in [6.07, 6.45) is 1.37. The molecule has 8 heteroatoms. The predicted molar refractivity (Wildman–Crippen MR) is 89.8 cm³/mol. The lowest BCUT2D eigenvalue weighted by atomic mass is 9.84. The highest BCUT2D eigenvalue weighted by Crippen LogP contribution is 2.46. The number of amides is 3. The Hall–Kier alpha value is -1.28. The van der Waals surface area contributed by atoms with Crippen LogP contribution in [0.25, 0.3) is 0 Å². The maximum atomic E-state index is 13.0. The summed E-state index contributed by atoms with van der Waals surface area (Å²) in [6, 6.07) is -1.06. The lowest BCUT2D eigenvalue weighted by molar-refractivity contribution is -0.143. The van der Waals surface area contributed by atoms with E-state index < -0.39 is 12.1 Å². The first kappa shape index (κ1) is 18.1. The lowest BCUT2D eigenvalue weighted by Crippen LogP contribution is -2.56. The summed E-state index contributed by atoms with van der Waals surface area (Å²) < 4.78 is 0. The molecule has 2 aliphatic rings. The molecule has 2 fully saturated rings. The molecule has 3 amide bonds. The van der Waals surface area contributed by atoms with Crippen LogP contribution in [0.5, 0.6) is 0 Å². The monoisotopic (exact) mass is 342 g/mol. The second-order valence-electron chi connectivity index (χ2n) is 6.72. The largest absolute Gasteiger partial charge is 0.357 e. The normalized spacial score (nSPS) is 29.7. The van der Waals surface area contributed by atoms with Gasteiger partial charge in [-0.05, 0) is 31.1 Å². The van der Waals surface area contributed by atoms with Gasteiger partial charge < -0.3 is 20.9 Å². The van der Waals surface area contributed by atoms with Gasteiger partial charge in [0, 0.05) is 7.05 Å². The van der Waals surface area contributed by atoms with Crippen molar-refractivity contribution in [3.8, 4) is 0 Å². The van der Waals surface area contributed by atoms with Crippen LogP contribution in [-0.2, 0) is 14.4 Å². The van der Waals surface area contributed by atoms with E-state index in [-0.39, 0.29) is 35.1 Å². The predicted octanol–water partition coefficient (Wildman–Crippen LogP) is -0.473. The molecule has 2 rings (SSSR count). The van der Waals surface area contributed by atoms with E-state index in [1.807, 2.05) is 13.8 Å². The molecule has 0 bridgehead atoms. The Morgan fingerprint density at radius 3 is 2.65 bits per heavy atom. The molecule has 2 heterocycles. The fourth-order valence-corrected chi connectivity index (χ4v) is 4.97. The van der Waals surface area contributed by atoms with Gasteiger partial charge in [0.15, 0.2) is 0 Å². The van der Waals surface area contributed by atoms with Gasteiger partial charge in [0.1, 0.15) is 12.1 Å². The number of carbonyl (C=O) groups is 3. The van der Waals surface area contributed by atoms with Crippen molar-refractivity contribution in [2.24, 2.45) is 5.41 Å². The van der Waals surface area contributed by atoms with Gasteiger partial charge in [0.05, 0.1) is 11.9 Å². The quantitative estimate of drug-likeness (QED) is 0.642. The van der Waals surface area contributed by atoms with Gasteiger partial charge >= 0.3 is 0 Å². The first-order valence-electron chi connectivity index (χ1n) is 7.91. The van der Waals surface area contributed by atoms with Gasteiger partial charge in [0.25, 0.3) is 0 Å². The second kappa shape index (κ2) is 7.09. The Labute approximate surface area is 141 Å². The van der Waals surface area contributed by atoms with Crippen molar-refractivity contribution < 1.29 is 14.4 Å². The zero-order valence-electron chi connectivity index (χ0n) is 14.1. The van der Waals surface area contributed by atoms with Crippen LogP contribution in [0.2, 0.25) is 0 Å². The minimum Gasteiger partial charge on any atom is -0.357 e. The third-order valence-corrected chi connectivity index (χ3v) is 5.72. The average molecular weight is 342 g/mol. The molecule has 3 atom stereocenters. The summed E-state index contributed by atoms with van der Waals surface area (Å²) in [6.45, 7) is 4.21. The molecule has 0 aromatic rings. The zero-order chi connectivity index (χ0) is 17.2. The Morgan fingerprint density at radius 2 is 2.04 bits per heavy atom. The van der Waals surface area contributed by atoms with Crippen LogP contribution >= 0.6 is 11.8 Å². The molecule has 0 aromatic carbocycles. The van der Waals surface area contributed by atoms with Crippen molar-refractivity contribution in [3.05, 3.63) is 0 Å². The molecule has 0 aromatic heterocycles. The molecule has 130 valence electrons. The van der Waals surface area contributed by atoms with Gasteiger partial charge in [-0.15, -0.1) is 11.8 Å². The maximum Gasteiger partial charge on any atom is 0.246 e. The summed E-state index contributed by atoms with van der Waals surface area (Å²) in [4.78, 5) is 38.9. The lowest BCUT2D eigenvalue weighted by Gasteiger charge is -2.33. The molecule has 23 heavy (non-hydrogen) atoms. The first-order valence-corrected chi connectivity index (χ1v) is 8.96. The van der Waals surface area contributed by atoms with E-state index in [9.17, 15) is 14.4 Å². The van der Waals surface area contributed by atoms with Crippen LogP contribution in [0.4, 0.5) is 0 Å². The smallest absolute Gasteiger partial charge is 0.246 e. The number of hydrogen-bond acceptors (Lipinski definition) is 5. The van der Waals surface area contributed by atoms with E-state index >= 15 is 0 Å². The Kier molecular flexibility index (Phi) is 5.57. The van der Waals surface area contributed by atoms with Gasteiger partial charge in [-0.2, -0.15) is 0 Å². The van der Waals surface area contributed by atoms with E-state index in [0.717, 1.165) is 12.2 Å². The van der Waals surface area contributed by atoms with E-state index in [0.29, 0.717) is 6.42 Å². The summed E-state index contributed by atoms with van der Waals surface area (Å²) >= 11 is 1.69. The van der Waals surface area contributed by atoms with Crippen molar-refractivity contribution in [2.75, 3.05) is 26.4 Å². The van der Waals surface area contributed by atoms with Gasteiger partial charge in [-0.25, -0.2) is 0 Å². The summed E-state index contributed by atoms with van der Waals surface area (Å²) in [5.74, 6) is 0.287. The minimum absolute atomic E-state index is 0.00833. The van der Waals surface area contributed by atoms with Crippen LogP contribution in [0, 0.1) is 5.41 Å². The molecule has 7 nitrogen and oxygen atoms in total. The number of nitrogens with zero attached hydrogens (tertiary/aromatic N) is 1. The fourth-order valence-electron chi connectivity index (χ4n) is 3.39. The van der Waals surface area contributed by atoms with Crippen molar-refractivity contribution >= 4 is 29.5 Å². The zero-order valence-corrected chi connectivity index (χ0v) is 15.0. The van der Waals surface area contributed by atoms with Crippen LogP contribution in [0.1, 0.15) is 26.7 Å². The molecule has 0 spiro atoms. The molecule has 0 radical (unpaired) electrons. The van der Waals surface area contributed by atoms with Gasteiger partial charge in [-0.1, -0.05) is 13.8 Å². The number of carbonyl (C=O) groups excluding carboxylic acids is 3. The van der Waals surface area contributed by atoms with Gasteiger partial charge in [0.2, 0.25) is 17.7 Å².